The van der Waals surface area contributed by atoms with E-state index >= 15 is 0 Å². The number of aromatic carboxylic acids is 1. The van der Waals surface area contributed by atoms with Gasteiger partial charge in [-0.05, 0) is 34.9 Å². The number of anilines is 1. The molecule has 1 aromatic carbocycles. The number of hydrogen-bond donors (Lipinski definition) is 2. The van der Waals surface area contributed by atoms with Crippen LogP contribution in [0.15, 0.2) is 30.1 Å². The number of benzene rings is 1. The molecule has 0 saturated carbocycles. The molecule has 1 aliphatic carbocycles. The van der Waals surface area contributed by atoms with Crippen LogP contribution < -0.4 is 5.32 Å². The molecule has 26 heavy (non-hydrogen) atoms. The number of hydrogen-bond acceptors (Lipinski definition) is 6. The average Bonchev–Trinajstić information content (AvgIpc) is 2.61. The fraction of sp³-hybridized carbons (Fsp3) is 0.167. The number of allylic oxidation sites excluding steroid dienone is 1. The Labute approximate surface area is 147 Å². The van der Waals surface area contributed by atoms with Gasteiger partial charge < -0.3 is 10.4 Å². The number of carbonyl (C=O) groups is 3. The fourth-order valence-electron chi connectivity index (χ4n) is 2.77. The Kier molecular flexibility index (Phi) is 4.57. The number of halogens is 1. The molecule has 0 radical (unpaired) electrons. The van der Waals surface area contributed by atoms with Crippen LogP contribution in [0.2, 0.25) is 0 Å². The molecule has 0 bridgehead atoms. The van der Waals surface area contributed by atoms with Crippen LogP contribution in [0, 0.1) is 5.82 Å². The van der Waals surface area contributed by atoms with Gasteiger partial charge in [-0.15, -0.1) is 0 Å². The standard InChI is InChI=1S/C18H14FN3O4/c1-20-14-5-11(19)3-10-4-13(16(24)6-12(10)14)15(23)2-9-7-21-17(18(25)26)22-8-9/h3-5,7-8,20H,2,6H2,1H3,(H,25,26). The van der Waals surface area contributed by atoms with Crippen molar-refractivity contribution in [3.63, 3.8) is 0 Å². The maximum Gasteiger partial charge on any atom is 0.373 e. The molecule has 0 unspecified atom stereocenters. The van der Waals surface area contributed by atoms with Crippen molar-refractivity contribution in [1.82, 2.24) is 9.97 Å². The molecule has 3 rings (SSSR count). The SMILES string of the molecule is CNc1cc(F)cc2c1CC(=O)C(C(=O)Cc1cnc(C(=O)O)nc1)=C2. The lowest BCUT2D eigenvalue weighted by molar-refractivity contribution is -0.120. The number of nitrogens with one attached hydrogen (secondary N) is 1. The van der Waals surface area contributed by atoms with Crippen LogP contribution >= 0.6 is 0 Å². The third kappa shape index (κ3) is 3.34. The third-order valence-corrected chi connectivity index (χ3v) is 4.02. The van der Waals surface area contributed by atoms with E-state index in [2.05, 4.69) is 15.3 Å². The zero-order chi connectivity index (χ0) is 18.8. The van der Waals surface area contributed by atoms with Crippen LogP contribution in [0.3, 0.4) is 0 Å². The summed E-state index contributed by atoms with van der Waals surface area (Å²) >= 11 is 0. The van der Waals surface area contributed by atoms with Crippen LogP contribution in [-0.2, 0) is 22.4 Å². The highest BCUT2D eigenvalue weighted by Crippen LogP contribution is 2.30. The van der Waals surface area contributed by atoms with Crippen LogP contribution in [-0.4, -0.2) is 39.7 Å². The minimum absolute atomic E-state index is 0.00217. The second-order valence-corrected chi connectivity index (χ2v) is 5.75. The molecule has 0 aliphatic heterocycles. The van der Waals surface area contributed by atoms with Gasteiger partial charge in [-0.2, -0.15) is 0 Å². The van der Waals surface area contributed by atoms with E-state index in [9.17, 15) is 18.8 Å². The first-order valence-electron chi connectivity index (χ1n) is 7.71. The van der Waals surface area contributed by atoms with E-state index in [0.29, 0.717) is 22.4 Å². The molecule has 0 atom stereocenters. The van der Waals surface area contributed by atoms with E-state index in [1.807, 2.05) is 0 Å². The minimum Gasteiger partial charge on any atom is -0.475 e. The van der Waals surface area contributed by atoms with Gasteiger partial charge in [0.25, 0.3) is 0 Å². The molecular weight excluding hydrogens is 341 g/mol. The number of ketones is 2. The first-order valence-corrected chi connectivity index (χ1v) is 7.71. The summed E-state index contributed by atoms with van der Waals surface area (Å²) in [6.45, 7) is 0. The fourth-order valence-corrected chi connectivity index (χ4v) is 2.77. The molecule has 1 aromatic heterocycles. The number of fused-ring (bicyclic) bond motifs is 1. The van der Waals surface area contributed by atoms with E-state index < -0.39 is 17.6 Å². The predicted molar refractivity (Wildman–Crippen MR) is 90.3 cm³/mol. The smallest absolute Gasteiger partial charge is 0.373 e. The number of nitrogens with zero attached hydrogens (tertiary/aromatic N) is 2. The number of carboxylic acid groups (broad SMARTS) is 1. The second-order valence-electron chi connectivity index (χ2n) is 5.75. The molecule has 0 spiro atoms. The normalized spacial score (nSPS) is 13.0. The summed E-state index contributed by atoms with van der Waals surface area (Å²) in [6.07, 6.45) is 3.70. The van der Waals surface area contributed by atoms with Crippen molar-refractivity contribution < 1.29 is 23.9 Å². The van der Waals surface area contributed by atoms with Crippen molar-refractivity contribution in [3.8, 4) is 0 Å². The molecule has 0 fully saturated rings. The highest BCUT2D eigenvalue weighted by Gasteiger charge is 2.26. The van der Waals surface area contributed by atoms with Gasteiger partial charge in [0.15, 0.2) is 11.6 Å². The van der Waals surface area contributed by atoms with Crippen LogP contribution in [0.1, 0.15) is 27.3 Å². The number of carbonyl (C=O) groups excluding carboxylic acids is 2. The summed E-state index contributed by atoms with van der Waals surface area (Å²) < 4.78 is 13.7. The lowest BCUT2D eigenvalue weighted by atomic mass is 9.87. The Morgan fingerprint density at radius 1 is 1.27 bits per heavy atom. The van der Waals surface area contributed by atoms with Crippen LogP contribution in [0.5, 0.6) is 0 Å². The first kappa shape index (κ1) is 17.4. The largest absolute Gasteiger partial charge is 0.475 e. The summed E-state index contributed by atoms with van der Waals surface area (Å²) in [5.41, 5.74) is 2.00. The summed E-state index contributed by atoms with van der Waals surface area (Å²) in [5, 5.41) is 11.6. The lowest BCUT2D eigenvalue weighted by Gasteiger charge is -2.18. The van der Waals surface area contributed by atoms with Gasteiger partial charge in [0, 0.05) is 38.0 Å². The molecule has 132 valence electrons. The summed E-state index contributed by atoms with van der Waals surface area (Å²) in [7, 11) is 1.63. The summed E-state index contributed by atoms with van der Waals surface area (Å²) in [4.78, 5) is 42.9. The molecule has 1 heterocycles. The number of rotatable bonds is 5. The molecule has 0 saturated heterocycles. The number of carboxylic acids is 1. The van der Waals surface area contributed by atoms with Crippen molar-refractivity contribution in [2.24, 2.45) is 0 Å². The van der Waals surface area contributed by atoms with Gasteiger partial charge in [-0.3, -0.25) is 9.59 Å². The molecule has 2 aromatic rings. The monoisotopic (exact) mass is 355 g/mol. The number of aromatic nitrogens is 2. The average molecular weight is 355 g/mol. The Morgan fingerprint density at radius 2 is 1.96 bits per heavy atom. The van der Waals surface area contributed by atoms with Crippen LogP contribution in [0.4, 0.5) is 10.1 Å². The maximum absolute atomic E-state index is 13.7. The minimum atomic E-state index is -1.27. The first-order chi connectivity index (χ1) is 12.4. The van der Waals surface area contributed by atoms with Gasteiger partial charge in [-0.25, -0.2) is 19.2 Å². The van der Waals surface area contributed by atoms with Gasteiger partial charge >= 0.3 is 5.97 Å². The Morgan fingerprint density at radius 3 is 2.58 bits per heavy atom. The van der Waals surface area contributed by atoms with E-state index in [0.717, 1.165) is 0 Å². The summed E-state index contributed by atoms with van der Waals surface area (Å²) in [6, 6.07) is 2.58. The molecule has 1 aliphatic rings. The maximum atomic E-state index is 13.7. The van der Waals surface area contributed by atoms with E-state index in [1.54, 1.807) is 7.05 Å². The molecular formula is C18H14FN3O4. The van der Waals surface area contributed by atoms with Gasteiger partial charge in [0.1, 0.15) is 5.82 Å². The topological polar surface area (TPSA) is 109 Å². The van der Waals surface area contributed by atoms with E-state index in [1.165, 1.54) is 30.6 Å². The predicted octanol–water partition coefficient (Wildman–Crippen LogP) is 1.68. The van der Waals surface area contributed by atoms with Crippen LogP contribution in [0.25, 0.3) is 6.08 Å². The molecule has 2 N–H and O–H groups in total. The van der Waals surface area contributed by atoms with E-state index in [4.69, 9.17) is 5.11 Å². The van der Waals surface area contributed by atoms with Crippen molar-refractivity contribution in [3.05, 3.63) is 58.4 Å². The van der Waals surface area contributed by atoms with Crippen molar-refractivity contribution in [2.75, 3.05) is 12.4 Å². The Balaban J connectivity index is 1.88. The molecule has 8 heteroatoms. The quantitative estimate of drug-likeness (QED) is 0.785. The zero-order valence-corrected chi connectivity index (χ0v) is 13.7. The highest BCUT2D eigenvalue weighted by atomic mass is 19.1. The van der Waals surface area contributed by atoms with Crippen molar-refractivity contribution in [1.29, 1.82) is 0 Å². The molecule has 7 nitrogen and oxygen atoms in total. The lowest BCUT2D eigenvalue weighted by Crippen LogP contribution is -2.21. The Bertz CT molecular complexity index is 952. The van der Waals surface area contributed by atoms with Gasteiger partial charge in [0.2, 0.25) is 5.82 Å². The van der Waals surface area contributed by atoms with E-state index in [-0.39, 0.29) is 30.0 Å². The van der Waals surface area contributed by atoms with Crippen molar-refractivity contribution in [2.45, 2.75) is 12.8 Å². The highest BCUT2D eigenvalue weighted by molar-refractivity contribution is 6.25. The third-order valence-electron chi connectivity index (χ3n) is 4.02. The Hall–Kier alpha value is -3.42. The zero-order valence-electron chi connectivity index (χ0n) is 13.7. The van der Waals surface area contributed by atoms with Crippen molar-refractivity contribution >= 4 is 29.3 Å². The second kappa shape index (κ2) is 6.83. The molecule has 0 amide bonds. The van der Waals surface area contributed by atoms with Gasteiger partial charge in [-0.1, -0.05) is 0 Å². The van der Waals surface area contributed by atoms with Gasteiger partial charge in [0.05, 0.1) is 5.57 Å². The summed E-state index contributed by atoms with van der Waals surface area (Å²) in [5.74, 6) is -2.93. The number of Topliss-reactive ketones (excluding diaryl/α,β-unsaturated/α-hetero) is 2.